The van der Waals surface area contributed by atoms with Gasteiger partial charge in [0.15, 0.2) is 0 Å². The lowest BCUT2D eigenvalue weighted by Crippen LogP contribution is -2.49. The van der Waals surface area contributed by atoms with E-state index in [2.05, 4.69) is 5.32 Å². The smallest absolute Gasteiger partial charge is 0.271 e. The monoisotopic (exact) mass is 339 g/mol. The minimum atomic E-state index is 0. The van der Waals surface area contributed by atoms with Gasteiger partial charge in [-0.1, -0.05) is 23.7 Å². The van der Waals surface area contributed by atoms with Crippen molar-refractivity contribution >= 4 is 29.9 Å². The summed E-state index contributed by atoms with van der Waals surface area (Å²) in [6, 6.07) is 11.5. The van der Waals surface area contributed by atoms with E-state index in [1.807, 2.05) is 59.1 Å². The minimum Gasteiger partial charge on any atom is -0.347 e. The summed E-state index contributed by atoms with van der Waals surface area (Å²) in [7, 11) is 1.89. The van der Waals surface area contributed by atoms with Gasteiger partial charge in [-0.2, -0.15) is 0 Å². The second kappa shape index (κ2) is 7.18. The third-order valence-electron chi connectivity index (χ3n) is 3.90. The third kappa shape index (κ3) is 3.29. The number of benzene rings is 1. The van der Waals surface area contributed by atoms with Gasteiger partial charge in [0.2, 0.25) is 0 Å². The number of aryl methyl sites for hydroxylation is 1. The van der Waals surface area contributed by atoms with Gasteiger partial charge >= 0.3 is 0 Å². The van der Waals surface area contributed by atoms with Crippen molar-refractivity contribution < 1.29 is 4.79 Å². The Kier molecular flexibility index (Phi) is 5.51. The van der Waals surface area contributed by atoms with Gasteiger partial charge in [-0.25, -0.2) is 0 Å². The Labute approximate surface area is 141 Å². The molecule has 3 rings (SSSR count). The van der Waals surface area contributed by atoms with E-state index in [1.165, 1.54) is 0 Å². The largest absolute Gasteiger partial charge is 0.347 e. The molecule has 0 bridgehead atoms. The van der Waals surface area contributed by atoms with E-state index in [1.54, 1.807) is 0 Å². The Bertz CT molecular complexity index is 656. The predicted molar refractivity (Wildman–Crippen MR) is 90.8 cm³/mol. The molecular formula is C16H19Cl2N3O. The van der Waals surface area contributed by atoms with Crippen LogP contribution in [0.2, 0.25) is 5.02 Å². The number of amides is 1. The molecule has 1 N–H and O–H groups in total. The molecule has 0 radical (unpaired) electrons. The predicted octanol–water partition coefficient (Wildman–Crippen LogP) is 2.89. The summed E-state index contributed by atoms with van der Waals surface area (Å²) >= 11 is 6.09. The van der Waals surface area contributed by atoms with Crippen molar-refractivity contribution in [2.75, 3.05) is 19.6 Å². The molecule has 1 aromatic carbocycles. The zero-order valence-electron chi connectivity index (χ0n) is 12.3. The first-order valence-electron chi connectivity index (χ1n) is 7.05. The van der Waals surface area contributed by atoms with E-state index in [9.17, 15) is 4.79 Å². The van der Waals surface area contributed by atoms with E-state index in [0.29, 0.717) is 17.3 Å². The number of nitrogens with one attached hydrogen (secondary N) is 1. The van der Waals surface area contributed by atoms with Crippen molar-refractivity contribution in [3.05, 3.63) is 58.9 Å². The van der Waals surface area contributed by atoms with Crippen molar-refractivity contribution in [2.24, 2.45) is 7.05 Å². The van der Waals surface area contributed by atoms with Gasteiger partial charge in [0.25, 0.3) is 5.91 Å². The van der Waals surface area contributed by atoms with Gasteiger partial charge < -0.3 is 14.8 Å². The fraction of sp³-hybridized carbons (Fsp3) is 0.312. The summed E-state index contributed by atoms with van der Waals surface area (Å²) in [4.78, 5) is 14.7. The summed E-state index contributed by atoms with van der Waals surface area (Å²) in [6.45, 7) is 2.25. The van der Waals surface area contributed by atoms with E-state index < -0.39 is 0 Å². The van der Waals surface area contributed by atoms with Gasteiger partial charge in [-0.3, -0.25) is 4.79 Å². The zero-order valence-corrected chi connectivity index (χ0v) is 13.9. The maximum absolute atomic E-state index is 12.8. The van der Waals surface area contributed by atoms with Crippen LogP contribution in [0.3, 0.4) is 0 Å². The van der Waals surface area contributed by atoms with Crippen LogP contribution in [0.4, 0.5) is 0 Å². The first-order chi connectivity index (χ1) is 10.2. The number of nitrogens with zero attached hydrogens (tertiary/aromatic N) is 2. The van der Waals surface area contributed by atoms with E-state index in [-0.39, 0.29) is 24.4 Å². The summed E-state index contributed by atoms with van der Waals surface area (Å²) in [6.07, 6.45) is 1.89. The normalized spacial score (nSPS) is 17.9. The van der Waals surface area contributed by atoms with Gasteiger partial charge in [-0.05, 0) is 29.8 Å². The second-order valence-electron chi connectivity index (χ2n) is 5.28. The number of halogens is 2. The van der Waals surface area contributed by atoms with Crippen molar-refractivity contribution in [3.8, 4) is 0 Å². The molecule has 1 atom stereocenters. The lowest BCUT2D eigenvalue weighted by molar-refractivity contribution is 0.0624. The number of rotatable bonds is 2. The van der Waals surface area contributed by atoms with Crippen LogP contribution < -0.4 is 5.32 Å². The zero-order chi connectivity index (χ0) is 14.8. The van der Waals surface area contributed by atoms with Crippen LogP contribution in [0.25, 0.3) is 0 Å². The van der Waals surface area contributed by atoms with E-state index in [0.717, 1.165) is 18.7 Å². The number of hydrogen-bond acceptors (Lipinski definition) is 2. The Balaban J connectivity index is 0.00000176. The molecule has 2 heterocycles. The van der Waals surface area contributed by atoms with Crippen LogP contribution in [0.5, 0.6) is 0 Å². The van der Waals surface area contributed by atoms with Crippen molar-refractivity contribution in [3.63, 3.8) is 0 Å². The number of hydrogen-bond donors (Lipinski definition) is 1. The van der Waals surface area contributed by atoms with Crippen LogP contribution in [-0.4, -0.2) is 35.0 Å². The number of carbonyl (C=O) groups is 1. The highest BCUT2D eigenvalue weighted by atomic mass is 35.5. The molecule has 2 aromatic rings. The van der Waals surface area contributed by atoms with Gasteiger partial charge in [0.05, 0.1) is 6.04 Å². The molecule has 1 saturated heterocycles. The standard InChI is InChI=1S/C16H18ClN3O.ClH/c1-19-8-3-6-14(19)16(21)20-9-7-18-11-15(20)12-4-2-5-13(17)10-12;/h2-6,8,10,15,18H,7,9,11H2,1H3;1H. The highest BCUT2D eigenvalue weighted by Gasteiger charge is 2.29. The molecule has 118 valence electrons. The molecule has 0 saturated carbocycles. The molecule has 0 aliphatic carbocycles. The highest BCUT2D eigenvalue weighted by Crippen LogP contribution is 2.26. The topological polar surface area (TPSA) is 37.3 Å². The molecule has 0 spiro atoms. The first kappa shape index (κ1) is 16.9. The maximum atomic E-state index is 12.8. The average molecular weight is 340 g/mol. The maximum Gasteiger partial charge on any atom is 0.271 e. The van der Waals surface area contributed by atoms with Gasteiger partial charge in [0.1, 0.15) is 5.69 Å². The SMILES string of the molecule is Cl.Cn1cccc1C(=O)N1CCNCC1c1cccc(Cl)c1. The Morgan fingerprint density at radius 1 is 1.32 bits per heavy atom. The Hall–Kier alpha value is -1.49. The van der Waals surface area contributed by atoms with Crippen LogP contribution in [-0.2, 0) is 7.05 Å². The fourth-order valence-electron chi connectivity index (χ4n) is 2.79. The molecule has 1 unspecified atom stereocenters. The Morgan fingerprint density at radius 2 is 2.14 bits per heavy atom. The quantitative estimate of drug-likeness (QED) is 0.913. The minimum absolute atomic E-state index is 0. The molecule has 22 heavy (non-hydrogen) atoms. The highest BCUT2D eigenvalue weighted by molar-refractivity contribution is 6.30. The van der Waals surface area contributed by atoms with Crippen molar-refractivity contribution in [1.29, 1.82) is 0 Å². The summed E-state index contributed by atoms with van der Waals surface area (Å²) in [5.74, 6) is 0.0639. The molecule has 4 nitrogen and oxygen atoms in total. The Morgan fingerprint density at radius 3 is 2.82 bits per heavy atom. The average Bonchev–Trinajstić information content (AvgIpc) is 2.93. The lowest BCUT2D eigenvalue weighted by atomic mass is 10.0. The number of aromatic nitrogens is 1. The van der Waals surface area contributed by atoms with Crippen molar-refractivity contribution in [2.45, 2.75) is 6.04 Å². The summed E-state index contributed by atoms with van der Waals surface area (Å²) in [5, 5.41) is 4.05. The number of piperazine rings is 1. The van der Waals surface area contributed by atoms with Gasteiger partial charge in [0, 0.05) is 37.9 Å². The molecule has 1 aliphatic heterocycles. The van der Waals surface area contributed by atoms with Crippen LogP contribution in [0.15, 0.2) is 42.6 Å². The molecule has 6 heteroatoms. The first-order valence-corrected chi connectivity index (χ1v) is 7.43. The van der Waals surface area contributed by atoms with Crippen LogP contribution in [0, 0.1) is 0 Å². The summed E-state index contributed by atoms with van der Waals surface area (Å²) in [5.41, 5.74) is 1.78. The third-order valence-corrected chi connectivity index (χ3v) is 4.14. The van der Waals surface area contributed by atoms with Gasteiger partial charge in [-0.15, -0.1) is 12.4 Å². The van der Waals surface area contributed by atoms with Crippen molar-refractivity contribution in [1.82, 2.24) is 14.8 Å². The van der Waals surface area contributed by atoms with Crippen LogP contribution in [0.1, 0.15) is 22.1 Å². The van der Waals surface area contributed by atoms with Crippen LogP contribution >= 0.6 is 24.0 Å². The van der Waals surface area contributed by atoms with E-state index >= 15 is 0 Å². The molecule has 1 aromatic heterocycles. The molecule has 1 amide bonds. The number of carbonyl (C=O) groups excluding carboxylic acids is 1. The van der Waals surface area contributed by atoms with E-state index in [4.69, 9.17) is 11.6 Å². The lowest BCUT2D eigenvalue weighted by Gasteiger charge is -2.36. The molecule has 1 fully saturated rings. The molecule has 1 aliphatic rings. The fourth-order valence-corrected chi connectivity index (χ4v) is 2.99. The molecular weight excluding hydrogens is 321 g/mol. The summed E-state index contributed by atoms with van der Waals surface area (Å²) < 4.78 is 1.86. The second-order valence-corrected chi connectivity index (χ2v) is 5.71.